The van der Waals surface area contributed by atoms with Gasteiger partial charge >= 0.3 is 5.97 Å². The Hall–Kier alpha value is -2.90. The highest BCUT2D eigenvalue weighted by Crippen LogP contribution is 2.48. The number of halogens is 2. The summed E-state index contributed by atoms with van der Waals surface area (Å²) in [7, 11) is 0. The second-order valence-corrected chi connectivity index (χ2v) is 5.68. The van der Waals surface area contributed by atoms with Gasteiger partial charge in [0.1, 0.15) is 17.3 Å². The molecule has 0 radical (unpaired) electrons. The van der Waals surface area contributed by atoms with Gasteiger partial charge in [-0.05, 0) is 24.5 Å². The van der Waals surface area contributed by atoms with Crippen molar-refractivity contribution in [3.05, 3.63) is 59.2 Å². The molecular weight excluding hydrogens is 320 g/mol. The van der Waals surface area contributed by atoms with Crippen molar-refractivity contribution in [1.82, 2.24) is 15.3 Å². The standard InChI is InChI=1S/C16H13F2N3O3/c17-9-1-2-10(11(18)5-9)16(3-4-16)8-21-14(22)12-6-20-13(7-19-12)15(23)24/h1-2,5-7H,3-4,8H2,(H,21,22)(H,23,24). The van der Waals surface area contributed by atoms with Crippen LogP contribution in [0, 0.1) is 11.6 Å². The van der Waals surface area contributed by atoms with E-state index in [2.05, 4.69) is 15.3 Å². The number of carbonyl (C=O) groups is 2. The number of carbonyl (C=O) groups excluding carboxylic acids is 1. The molecule has 0 spiro atoms. The summed E-state index contributed by atoms with van der Waals surface area (Å²) in [5, 5.41) is 11.4. The predicted octanol–water partition coefficient (Wildman–Crippen LogP) is 1.91. The van der Waals surface area contributed by atoms with Crippen molar-refractivity contribution in [2.24, 2.45) is 0 Å². The molecule has 3 rings (SSSR count). The summed E-state index contributed by atoms with van der Waals surface area (Å²) >= 11 is 0. The SMILES string of the molecule is O=C(O)c1cnc(C(=O)NCC2(c3ccc(F)cc3F)CC2)cn1. The lowest BCUT2D eigenvalue weighted by molar-refractivity contribution is 0.0689. The van der Waals surface area contributed by atoms with Gasteiger partial charge in [0.2, 0.25) is 0 Å². The zero-order chi connectivity index (χ0) is 17.3. The molecule has 0 bridgehead atoms. The quantitative estimate of drug-likeness (QED) is 0.872. The van der Waals surface area contributed by atoms with Crippen LogP contribution in [-0.4, -0.2) is 33.5 Å². The van der Waals surface area contributed by atoms with Crippen LogP contribution in [0.25, 0.3) is 0 Å². The second-order valence-electron chi connectivity index (χ2n) is 5.68. The largest absolute Gasteiger partial charge is 0.476 e. The molecule has 1 aliphatic rings. The van der Waals surface area contributed by atoms with E-state index < -0.39 is 28.9 Å². The first-order chi connectivity index (χ1) is 11.4. The second kappa shape index (κ2) is 5.95. The van der Waals surface area contributed by atoms with E-state index in [0.717, 1.165) is 18.5 Å². The summed E-state index contributed by atoms with van der Waals surface area (Å²) in [6, 6.07) is 3.41. The Morgan fingerprint density at radius 2 is 1.83 bits per heavy atom. The zero-order valence-corrected chi connectivity index (χ0v) is 12.4. The lowest BCUT2D eigenvalue weighted by Gasteiger charge is -2.17. The van der Waals surface area contributed by atoms with Crippen molar-refractivity contribution in [3.63, 3.8) is 0 Å². The van der Waals surface area contributed by atoms with Crippen LogP contribution in [0.15, 0.2) is 30.6 Å². The van der Waals surface area contributed by atoms with E-state index in [9.17, 15) is 18.4 Å². The smallest absolute Gasteiger partial charge is 0.356 e. The fourth-order valence-electron chi connectivity index (χ4n) is 2.51. The summed E-state index contributed by atoms with van der Waals surface area (Å²) in [6.45, 7) is 0.177. The molecule has 0 unspecified atom stereocenters. The number of rotatable bonds is 5. The van der Waals surface area contributed by atoms with Gasteiger partial charge in [0.05, 0.1) is 12.4 Å². The van der Waals surface area contributed by atoms with E-state index in [0.29, 0.717) is 18.4 Å². The fraction of sp³-hybridized carbons (Fsp3) is 0.250. The van der Waals surface area contributed by atoms with E-state index in [4.69, 9.17) is 5.11 Å². The van der Waals surface area contributed by atoms with Gasteiger partial charge in [0, 0.05) is 18.0 Å². The molecule has 1 amide bonds. The third kappa shape index (κ3) is 3.08. The average Bonchev–Trinajstić information content (AvgIpc) is 3.33. The Morgan fingerprint density at radius 3 is 2.38 bits per heavy atom. The number of hydrogen-bond acceptors (Lipinski definition) is 4. The zero-order valence-electron chi connectivity index (χ0n) is 12.4. The number of benzene rings is 1. The molecule has 1 heterocycles. The van der Waals surface area contributed by atoms with Gasteiger partial charge in [-0.25, -0.2) is 23.5 Å². The van der Waals surface area contributed by atoms with Gasteiger partial charge in [-0.2, -0.15) is 0 Å². The van der Waals surface area contributed by atoms with Gasteiger partial charge in [0.15, 0.2) is 5.69 Å². The van der Waals surface area contributed by atoms with Crippen molar-refractivity contribution in [1.29, 1.82) is 0 Å². The Kier molecular flexibility index (Phi) is 3.96. The molecule has 6 nitrogen and oxygen atoms in total. The van der Waals surface area contributed by atoms with Crippen LogP contribution in [0.4, 0.5) is 8.78 Å². The first-order valence-electron chi connectivity index (χ1n) is 7.20. The minimum absolute atomic E-state index is 0.0321. The van der Waals surface area contributed by atoms with Gasteiger partial charge in [0.25, 0.3) is 5.91 Å². The molecule has 2 N–H and O–H groups in total. The highest BCUT2D eigenvalue weighted by Gasteiger charge is 2.46. The lowest BCUT2D eigenvalue weighted by atomic mass is 9.95. The van der Waals surface area contributed by atoms with Gasteiger partial charge < -0.3 is 10.4 Å². The van der Waals surface area contributed by atoms with Gasteiger partial charge in [-0.1, -0.05) is 6.07 Å². The number of aromatic nitrogens is 2. The summed E-state index contributed by atoms with van der Waals surface area (Å²) < 4.78 is 26.9. The topological polar surface area (TPSA) is 92.2 Å². The van der Waals surface area contributed by atoms with Crippen molar-refractivity contribution in [2.45, 2.75) is 18.3 Å². The molecule has 124 valence electrons. The molecule has 8 heteroatoms. The Morgan fingerprint density at radius 1 is 1.17 bits per heavy atom. The monoisotopic (exact) mass is 333 g/mol. The molecule has 0 saturated heterocycles. The first kappa shape index (κ1) is 16.0. The van der Waals surface area contributed by atoms with Crippen LogP contribution in [-0.2, 0) is 5.41 Å². The third-order valence-corrected chi connectivity index (χ3v) is 4.05. The minimum atomic E-state index is -1.24. The fourth-order valence-corrected chi connectivity index (χ4v) is 2.51. The highest BCUT2D eigenvalue weighted by molar-refractivity contribution is 5.92. The van der Waals surface area contributed by atoms with E-state index in [1.807, 2.05) is 0 Å². The van der Waals surface area contributed by atoms with Crippen molar-refractivity contribution in [3.8, 4) is 0 Å². The lowest BCUT2D eigenvalue weighted by Crippen LogP contribution is -2.33. The number of amides is 1. The van der Waals surface area contributed by atoms with Crippen LogP contribution in [0.3, 0.4) is 0 Å². The highest BCUT2D eigenvalue weighted by atomic mass is 19.1. The van der Waals surface area contributed by atoms with E-state index in [1.54, 1.807) is 0 Å². The van der Waals surface area contributed by atoms with Crippen LogP contribution in [0.2, 0.25) is 0 Å². The maximum absolute atomic E-state index is 13.9. The van der Waals surface area contributed by atoms with Crippen molar-refractivity contribution in [2.75, 3.05) is 6.54 Å². The van der Waals surface area contributed by atoms with Gasteiger partial charge in [-0.15, -0.1) is 0 Å². The molecule has 0 aliphatic heterocycles. The number of carboxylic acids is 1. The maximum atomic E-state index is 13.9. The average molecular weight is 333 g/mol. The summed E-state index contributed by atoms with van der Waals surface area (Å²) in [6.07, 6.45) is 3.42. The minimum Gasteiger partial charge on any atom is -0.476 e. The van der Waals surface area contributed by atoms with Crippen LogP contribution < -0.4 is 5.32 Å². The molecule has 0 atom stereocenters. The molecule has 1 aromatic heterocycles. The molecule has 1 fully saturated rings. The number of nitrogens with zero attached hydrogens (tertiary/aromatic N) is 2. The molecule has 24 heavy (non-hydrogen) atoms. The molecule has 2 aromatic rings. The van der Waals surface area contributed by atoms with Crippen LogP contribution >= 0.6 is 0 Å². The van der Waals surface area contributed by atoms with Crippen LogP contribution in [0.5, 0.6) is 0 Å². The first-order valence-corrected chi connectivity index (χ1v) is 7.20. The molecular formula is C16H13F2N3O3. The Labute approximate surface area is 135 Å². The normalized spacial score (nSPS) is 14.9. The Balaban J connectivity index is 1.68. The number of carboxylic acid groups (broad SMARTS) is 1. The summed E-state index contributed by atoms with van der Waals surface area (Å²) in [5.41, 5.74) is -0.465. The van der Waals surface area contributed by atoms with E-state index in [-0.39, 0.29) is 17.9 Å². The predicted molar refractivity (Wildman–Crippen MR) is 78.6 cm³/mol. The Bertz CT molecular complexity index is 805. The summed E-state index contributed by atoms with van der Waals surface area (Å²) in [5.74, 6) is -3.05. The van der Waals surface area contributed by atoms with Crippen LogP contribution in [0.1, 0.15) is 39.4 Å². The molecule has 1 aromatic carbocycles. The number of hydrogen-bond donors (Lipinski definition) is 2. The third-order valence-electron chi connectivity index (χ3n) is 4.05. The van der Waals surface area contributed by atoms with Crippen molar-refractivity contribution < 1.29 is 23.5 Å². The van der Waals surface area contributed by atoms with E-state index >= 15 is 0 Å². The summed E-state index contributed by atoms with van der Waals surface area (Å²) in [4.78, 5) is 30.1. The number of nitrogens with one attached hydrogen (secondary N) is 1. The van der Waals surface area contributed by atoms with E-state index in [1.165, 1.54) is 12.1 Å². The number of aromatic carboxylic acids is 1. The molecule has 1 saturated carbocycles. The maximum Gasteiger partial charge on any atom is 0.356 e. The van der Waals surface area contributed by atoms with Crippen molar-refractivity contribution >= 4 is 11.9 Å². The van der Waals surface area contributed by atoms with Gasteiger partial charge in [-0.3, -0.25) is 4.79 Å². The molecule has 1 aliphatic carbocycles.